The SMILES string of the molecule is O=C(N(CCc1ccccc1)CC1CC1)n1cc(-c2ccc(OC(F)(F)F)cc2)nn1. The molecule has 1 heterocycles. The number of rotatable bonds is 7. The van der Waals surface area contributed by atoms with Gasteiger partial charge < -0.3 is 9.64 Å². The molecule has 0 spiro atoms. The number of ether oxygens (including phenoxy) is 1. The number of hydrogen-bond acceptors (Lipinski definition) is 4. The molecule has 1 aliphatic rings. The second kappa shape index (κ2) is 8.79. The lowest BCUT2D eigenvalue weighted by atomic mass is 10.1. The lowest BCUT2D eigenvalue weighted by molar-refractivity contribution is -0.274. The molecular formula is C22H21F3N4O2. The second-order valence-corrected chi connectivity index (χ2v) is 7.53. The van der Waals surface area contributed by atoms with Crippen LogP contribution < -0.4 is 4.74 Å². The molecule has 31 heavy (non-hydrogen) atoms. The Labute approximate surface area is 177 Å². The Morgan fingerprint density at radius 2 is 1.81 bits per heavy atom. The van der Waals surface area contributed by atoms with Crippen molar-refractivity contribution in [1.82, 2.24) is 19.9 Å². The summed E-state index contributed by atoms with van der Waals surface area (Å²) in [6, 6.07) is 15.0. The fourth-order valence-electron chi connectivity index (χ4n) is 3.25. The van der Waals surface area contributed by atoms with E-state index in [1.807, 2.05) is 30.3 Å². The normalized spacial score (nSPS) is 13.8. The predicted octanol–water partition coefficient (Wildman–Crippen LogP) is 4.77. The van der Waals surface area contributed by atoms with E-state index in [1.165, 1.54) is 35.1 Å². The smallest absolute Gasteiger partial charge is 0.406 e. The van der Waals surface area contributed by atoms with Crippen LogP contribution >= 0.6 is 0 Å². The summed E-state index contributed by atoms with van der Waals surface area (Å²) in [6.45, 7) is 1.24. The minimum Gasteiger partial charge on any atom is -0.406 e. The quantitative estimate of drug-likeness (QED) is 0.542. The minimum atomic E-state index is -4.75. The van der Waals surface area contributed by atoms with Crippen LogP contribution in [0.2, 0.25) is 0 Å². The van der Waals surface area contributed by atoms with Crippen molar-refractivity contribution in [1.29, 1.82) is 0 Å². The highest BCUT2D eigenvalue weighted by atomic mass is 19.4. The largest absolute Gasteiger partial charge is 0.573 e. The summed E-state index contributed by atoms with van der Waals surface area (Å²) >= 11 is 0. The number of halogens is 3. The molecule has 0 N–H and O–H groups in total. The Bertz CT molecular complexity index is 1020. The second-order valence-electron chi connectivity index (χ2n) is 7.53. The van der Waals surface area contributed by atoms with Crippen molar-refractivity contribution in [2.24, 2.45) is 5.92 Å². The first-order valence-corrected chi connectivity index (χ1v) is 9.99. The van der Waals surface area contributed by atoms with Crippen LogP contribution in [0, 0.1) is 5.92 Å². The number of hydrogen-bond donors (Lipinski definition) is 0. The number of benzene rings is 2. The highest BCUT2D eigenvalue weighted by Gasteiger charge is 2.31. The standard InChI is InChI=1S/C22H21F3N4O2/c23-22(24,25)31-19-10-8-18(9-11-19)20-15-29(27-26-20)21(30)28(14-17-6-7-17)13-12-16-4-2-1-3-5-16/h1-5,8-11,15,17H,6-7,12-14H2. The van der Waals surface area contributed by atoms with Crippen LogP contribution in [-0.2, 0) is 6.42 Å². The van der Waals surface area contributed by atoms with Gasteiger partial charge in [0.1, 0.15) is 11.4 Å². The van der Waals surface area contributed by atoms with Crippen LogP contribution in [0.25, 0.3) is 11.3 Å². The topological polar surface area (TPSA) is 60.2 Å². The maximum Gasteiger partial charge on any atom is 0.573 e. The molecule has 1 amide bonds. The number of carbonyl (C=O) groups excluding carboxylic acids is 1. The number of aromatic nitrogens is 3. The molecule has 162 valence electrons. The molecule has 1 saturated carbocycles. The summed E-state index contributed by atoms with van der Waals surface area (Å²) in [5.41, 5.74) is 2.07. The van der Waals surface area contributed by atoms with Gasteiger partial charge in [-0.3, -0.25) is 0 Å². The Morgan fingerprint density at radius 1 is 1.10 bits per heavy atom. The van der Waals surface area contributed by atoms with E-state index in [4.69, 9.17) is 0 Å². The molecule has 0 bridgehead atoms. The van der Waals surface area contributed by atoms with Gasteiger partial charge in [-0.1, -0.05) is 35.5 Å². The minimum absolute atomic E-state index is 0.265. The third-order valence-corrected chi connectivity index (χ3v) is 5.03. The lowest BCUT2D eigenvalue weighted by Crippen LogP contribution is -2.38. The fraction of sp³-hybridized carbons (Fsp3) is 0.318. The van der Waals surface area contributed by atoms with Crippen LogP contribution in [0.15, 0.2) is 60.8 Å². The lowest BCUT2D eigenvalue weighted by Gasteiger charge is -2.22. The fourth-order valence-corrected chi connectivity index (χ4v) is 3.25. The average molecular weight is 430 g/mol. The molecule has 4 rings (SSSR count). The van der Waals surface area contributed by atoms with Gasteiger partial charge in [0, 0.05) is 18.7 Å². The summed E-state index contributed by atoms with van der Waals surface area (Å²) in [7, 11) is 0. The van der Waals surface area contributed by atoms with Gasteiger partial charge in [0.15, 0.2) is 0 Å². The number of amides is 1. The first-order valence-electron chi connectivity index (χ1n) is 9.99. The van der Waals surface area contributed by atoms with E-state index in [1.54, 1.807) is 4.90 Å². The molecule has 1 fully saturated rings. The van der Waals surface area contributed by atoms with E-state index in [9.17, 15) is 18.0 Å². The highest BCUT2D eigenvalue weighted by Crippen LogP contribution is 2.30. The Balaban J connectivity index is 1.44. The zero-order valence-electron chi connectivity index (χ0n) is 16.6. The van der Waals surface area contributed by atoms with Gasteiger partial charge >= 0.3 is 12.4 Å². The van der Waals surface area contributed by atoms with E-state index in [0.29, 0.717) is 30.3 Å². The molecule has 0 unspecified atom stereocenters. The van der Waals surface area contributed by atoms with Crippen LogP contribution in [-0.4, -0.2) is 45.4 Å². The Morgan fingerprint density at radius 3 is 2.45 bits per heavy atom. The Hall–Kier alpha value is -3.36. The third-order valence-electron chi connectivity index (χ3n) is 5.03. The van der Waals surface area contributed by atoms with Crippen molar-refractivity contribution in [3.63, 3.8) is 0 Å². The molecule has 3 aromatic rings. The molecule has 6 nitrogen and oxygen atoms in total. The van der Waals surface area contributed by atoms with E-state index in [-0.39, 0.29) is 11.8 Å². The molecule has 1 aromatic heterocycles. The highest BCUT2D eigenvalue weighted by molar-refractivity contribution is 5.77. The summed E-state index contributed by atoms with van der Waals surface area (Å²) in [5.74, 6) is 0.195. The maximum absolute atomic E-state index is 13.0. The molecule has 0 saturated heterocycles. The van der Waals surface area contributed by atoms with Gasteiger partial charge in [0.2, 0.25) is 0 Å². The first kappa shape index (κ1) is 20.9. The van der Waals surface area contributed by atoms with Gasteiger partial charge in [-0.2, -0.15) is 4.68 Å². The van der Waals surface area contributed by atoms with Crippen LogP contribution in [0.1, 0.15) is 18.4 Å². The molecule has 0 atom stereocenters. The van der Waals surface area contributed by atoms with E-state index < -0.39 is 6.36 Å². The van der Waals surface area contributed by atoms with E-state index >= 15 is 0 Å². The van der Waals surface area contributed by atoms with Crippen molar-refractivity contribution in [2.45, 2.75) is 25.6 Å². The van der Waals surface area contributed by atoms with Gasteiger partial charge in [0.25, 0.3) is 0 Å². The molecule has 0 radical (unpaired) electrons. The maximum atomic E-state index is 13.0. The Kier molecular flexibility index (Phi) is 5.92. The molecule has 2 aromatic carbocycles. The van der Waals surface area contributed by atoms with Crippen molar-refractivity contribution >= 4 is 6.03 Å². The zero-order valence-corrected chi connectivity index (χ0v) is 16.6. The number of nitrogens with zero attached hydrogens (tertiary/aromatic N) is 4. The summed E-state index contributed by atoms with van der Waals surface area (Å²) in [5, 5.41) is 7.95. The van der Waals surface area contributed by atoms with Crippen molar-refractivity contribution < 1.29 is 22.7 Å². The van der Waals surface area contributed by atoms with Crippen molar-refractivity contribution in [3.05, 3.63) is 66.4 Å². The molecule has 9 heteroatoms. The summed E-state index contributed by atoms with van der Waals surface area (Å²) in [4.78, 5) is 14.8. The monoisotopic (exact) mass is 430 g/mol. The first-order chi connectivity index (χ1) is 14.9. The van der Waals surface area contributed by atoms with Crippen LogP contribution in [0.5, 0.6) is 5.75 Å². The third kappa shape index (κ3) is 5.84. The predicted molar refractivity (Wildman–Crippen MR) is 107 cm³/mol. The molecular weight excluding hydrogens is 409 g/mol. The molecule has 1 aliphatic carbocycles. The van der Waals surface area contributed by atoms with Gasteiger partial charge in [0.05, 0.1) is 6.20 Å². The van der Waals surface area contributed by atoms with Gasteiger partial charge in [-0.25, -0.2) is 4.79 Å². The van der Waals surface area contributed by atoms with Crippen molar-refractivity contribution in [3.8, 4) is 17.0 Å². The zero-order chi connectivity index (χ0) is 21.8. The summed E-state index contributed by atoms with van der Waals surface area (Å²) < 4.78 is 42.0. The van der Waals surface area contributed by atoms with Gasteiger partial charge in [-0.15, -0.1) is 18.3 Å². The van der Waals surface area contributed by atoms with Crippen LogP contribution in [0.4, 0.5) is 18.0 Å². The van der Waals surface area contributed by atoms with E-state index in [2.05, 4.69) is 15.0 Å². The molecule has 0 aliphatic heterocycles. The number of alkyl halides is 3. The van der Waals surface area contributed by atoms with Crippen LogP contribution in [0.3, 0.4) is 0 Å². The number of carbonyl (C=O) groups is 1. The summed E-state index contributed by atoms with van der Waals surface area (Å²) in [6.07, 6.45) is -0.290. The van der Waals surface area contributed by atoms with E-state index in [0.717, 1.165) is 24.8 Å². The average Bonchev–Trinajstić information content (AvgIpc) is 3.43. The van der Waals surface area contributed by atoms with Gasteiger partial charge in [-0.05, 0) is 55.0 Å². The van der Waals surface area contributed by atoms with Crippen molar-refractivity contribution in [2.75, 3.05) is 13.1 Å².